The van der Waals surface area contributed by atoms with Crippen molar-refractivity contribution >= 4 is 15.9 Å². The molecule has 2 aromatic rings. The van der Waals surface area contributed by atoms with Crippen LogP contribution in [0.4, 0.5) is 0 Å². The van der Waals surface area contributed by atoms with E-state index in [1.54, 1.807) is 12.1 Å². The zero-order valence-electron chi connectivity index (χ0n) is 14.3. The van der Waals surface area contributed by atoms with Crippen LogP contribution in [0.15, 0.2) is 47.4 Å². The molecule has 1 unspecified atom stereocenters. The third-order valence-electron chi connectivity index (χ3n) is 3.91. The van der Waals surface area contributed by atoms with Gasteiger partial charge in [-0.15, -0.1) is 0 Å². The Morgan fingerprint density at radius 1 is 1.08 bits per heavy atom. The van der Waals surface area contributed by atoms with E-state index in [9.17, 15) is 13.2 Å². The summed E-state index contributed by atoms with van der Waals surface area (Å²) in [5, 5.41) is 2.92. The Kier molecular flexibility index (Phi) is 5.41. The first kappa shape index (κ1) is 18.2. The molecule has 128 valence electrons. The maximum Gasteiger partial charge on any atom is 0.251 e. The van der Waals surface area contributed by atoms with Crippen molar-refractivity contribution in [2.45, 2.75) is 31.7 Å². The highest BCUT2D eigenvalue weighted by Gasteiger charge is 2.16. The standard InChI is InChI=1S/C18H22N2O3S/c1-12-8-9-17(13(2)10-12)14(3)20-18(21)15-6-5-7-16(11-15)24(22,23)19-4/h5-11,14,19H,1-4H3,(H,20,21). The second-order valence-corrected chi connectivity index (χ2v) is 7.68. The second kappa shape index (κ2) is 7.15. The predicted molar refractivity (Wildman–Crippen MR) is 94.5 cm³/mol. The highest BCUT2D eigenvalue weighted by Crippen LogP contribution is 2.19. The largest absolute Gasteiger partial charge is 0.346 e. The number of sulfonamides is 1. The minimum absolute atomic E-state index is 0.0665. The van der Waals surface area contributed by atoms with Gasteiger partial charge in [0, 0.05) is 5.56 Å². The molecule has 0 aliphatic heterocycles. The fourth-order valence-electron chi connectivity index (χ4n) is 2.59. The molecule has 0 radical (unpaired) electrons. The first-order valence-electron chi connectivity index (χ1n) is 7.66. The summed E-state index contributed by atoms with van der Waals surface area (Å²) in [7, 11) is -2.24. The first-order chi connectivity index (χ1) is 11.2. The molecule has 2 N–H and O–H groups in total. The average Bonchev–Trinajstić information content (AvgIpc) is 2.54. The van der Waals surface area contributed by atoms with Crippen LogP contribution in [0.1, 0.15) is 40.0 Å². The zero-order valence-corrected chi connectivity index (χ0v) is 15.1. The highest BCUT2D eigenvalue weighted by molar-refractivity contribution is 7.89. The highest BCUT2D eigenvalue weighted by atomic mass is 32.2. The number of rotatable bonds is 5. The molecular weight excluding hydrogens is 324 g/mol. The Balaban J connectivity index is 2.22. The van der Waals surface area contributed by atoms with Crippen molar-refractivity contribution in [3.63, 3.8) is 0 Å². The van der Waals surface area contributed by atoms with Crippen LogP contribution in [0.25, 0.3) is 0 Å². The van der Waals surface area contributed by atoms with E-state index in [-0.39, 0.29) is 16.8 Å². The van der Waals surface area contributed by atoms with E-state index in [2.05, 4.69) is 16.1 Å². The fourth-order valence-corrected chi connectivity index (χ4v) is 3.37. The normalized spacial score (nSPS) is 12.7. The zero-order chi connectivity index (χ0) is 17.9. The van der Waals surface area contributed by atoms with Crippen molar-refractivity contribution < 1.29 is 13.2 Å². The van der Waals surface area contributed by atoms with Crippen LogP contribution < -0.4 is 10.0 Å². The van der Waals surface area contributed by atoms with Gasteiger partial charge in [-0.2, -0.15) is 0 Å². The SMILES string of the molecule is CNS(=O)(=O)c1cccc(C(=O)NC(C)c2ccc(C)cc2C)c1. The Hall–Kier alpha value is -2.18. The number of hydrogen-bond donors (Lipinski definition) is 2. The van der Waals surface area contributed by atoms with Gasteiger partial charge in [0.2, 0.25) is 10.0 Å². The van der Waals surface area contributed by atoms with E-state index in [1.807, 2.05) is 32.9 Å². The number of aryl methyl sites for hydroxylation is 2. The van der Waals surface area contributed by atoms with Crippen LogP contribution in [0, 0.1) is 13.8 Å². The molecule has 0 aliphatic carbocycles. The molecule has 0 saturated carbocycles. The van der Waals surface area contributed by atoms with Crippen molar-refractivity contribution in [2.24, 2.45) is 0 Å². The lowest BCUT2D eigenvalue weighted by Gasteiger charge is -2.17. The summed E-state index contributed by atoms with van der Waals surface area (Å²) >= 11 is 0. The monoisotopic (exact) mass is 346 g/mol. The molecule has 0 bridgehead atoms. The molecule has 0 saturated heterocycles. The smallest absolute Gasteiger partial charge is 0.251 e. The van der Waals surface area contributed by atoms with Gasteiger partial charge in [-0.1, -0.05) is 29.8 Å². The van der Waals surface area contributed by atoms with E-state index in [0.29, 0.717) is 5.56 Å². The predicted octanol–water partition coefficient (Wildman–Crippen LogP) is 2.70. The average molecular weight is 346 g/mol. The molecular formula is C18H22N2O3S. The van der Waals surface area contributed by atoms with Crippen molar-refractivity contribution in [2.75, 3.05) is 7.05 Å². The van der Waals surface area contributed by atoms with Crippen LogP contribution in [0.2, 0.25) is 0 Å². The summed E-state index contributed by atoms with van der Waals surface area (Å²) in [5.41, 5.74) is 3.62. The van der Waals surface area contributed by atoms with Crippen LogP contribution in [0.3, 0.4) is 0 Å². The van der Waals surface area contributed by atoms with Gasteiger partial charge in [0.15, 0.2) is 0 Å². The Morgan fingerprint density at radius 3 is 2.42 bits per heavy atom. The van der Waals surface area contributed by atoms with Crippen LogP contribution in [-0.2, 0) is 10.0 Å². The Bertz CT molecular complexity index is 860. The third kappa shape index (κ3) is 4.01. The summed E-state index contributed by atoms with van der Waals surface area (Å²) < 4.78 is 25.9. The van der Waals surface area contributed by atoms with Gasteiger partial charge < -0.3 is 5.32 Å². The van der Waals surface area contributed by atoms with E-state index in [4.69, 9.17) is 0 Å². The minimum atomic E-state index is -3.58. The van der Waals surface area contributed by atoms with E-state index in [0.717, 1.165) is 11.1 Å². The molecule has 2 aromatic carbocycles. The van der Waals surface area contributed by atoms with Gasteiger partial charge >= 0.3 is 0 Å². The van der Waals surface area contributed by atoms with Crippen LogP contribution in [0.5, 0.6) is 0 Å². The fraction of sp³-hybridized carbons (Fsp3) is 0.278. The number of nitrogens with one attached hydrogen (secondary N) is 2. The first-order valence-corrected chi connectivity index (χ1v) is 9.14. The topological polar surface area (TPSA) is 75.3 Å². The molecule has 0 aromatic heterocycles. The lowest BCUT2D eigenvalue weighted by Crippen LogP contribution is -2.27. The summed E-state index contributed by atoms with van der Waals surface area (Å²) in [6.45, 7) is 5.93. The second-order valence-electron chi connectivity index (χ2n) is 5.79. The van der Waals surface area contributed by atoms with Gasteiger partial charge in [-0.25, -0.2) is 13.1 Å². The maximum atomic E-state index is 12.4. The summed E-state index contributed by atoms with van der Waals surface area (Å²) in [6, 6.07) is 11.9. The van der Waals surface area contributed by atoms with E-state index in [1.165, 1.54) is 24.7 Å². The van der Waals surface area contributed by atoms with E-state index >= 15 is 0 Å². The summed E-state index contributed by atoms with van der Waals surface area (Å²) in [6.07, 6.45) is 0. The Labute approximate surface area is 143 Å². The van der Waals surface area contributed by atoms with Gasteiger partial charge in [0.05, 0.1) is 10.9 Å². The van der Waals surface area contributed by atoms with Gasteiger partial charge in [0.25, 0.3) is 5.91 Å². The molecule has 0 heterocycles. The number of benzene rings is 2. The quantitative estimate of drug-likeness (QED) is 0.874. The number of carbonyl (C=O) groups is 1. The van der Waals surface area contributed by atoms with Gasteiger partial charge in [-0.3, -0.25) is 4.79 Å². The summed E-state index contributed by atoms with van der Waals surface area (Å²) in [4.78, 5) is 12.5. The van der Waals surface area contributed by atoms with E-state index < -0.39 is 10.0 Å². The molecule has 5 nitrogen and oxygen atoms in total. The molecule has 2 rings (SSSR count). The lowest BCUT2D eigenvalue weighted by atomic mass is 10.00. The number of carbonyl (C=O) groups excluding carboxylic acids is 1. The van der Waals surface area contributed by atoms with Crippen LogP contribution in [-0.4, -0.2) is 21.4 Å². The summed E-state index contributed by atoms with van der Waals surface area (Å²) in [5.74, 6) is -0.310. The maximum absolute atomic E-state index is 12.4. The molecule has 1 atom stereocenters. The third-order valence-corrected chi connectivity index (χ3v) is 5.33. The van der Waals surface area contributed by atoms with Crippen molar-refractivity contribution in [1.82, 2.24) is 10.0 Å². The molecule has 6 heteroatoms. The van der Waals surface area contributed by atoms with Crippen molar-refractivity contribution in [1.29, 1.82) is 0 Å². The molecule has 0 aliphatic rings. The van der Waals surface area contributed by atoms with Crippen molar-refractivity contribution in [3.8, 4) is 0 Å². The number of amides is 1. The minimum Gasteiger partial charge on any atom is -0.346 e. The van der Waals surface area contributed by atoms with Gasteiger partial charge in [-0.05, 0) is 57.1 Å². The van der Waals surface area contributed by atoms with Crippen molar-refractivity contribution in [3.05, 3.63) is 64.7 Å². The number of hydrogen-bond acceptors (Lipinski definition) is 3. The van der Waals surface area contributed by atoms with Crippen LogP contribution >= 0.6 is 0 Å². The lowest BCUT2D eigenvalue weighted by molar-refractivity contribution is 0.0939. The molecule has 0 spiro atoms. The molecule has 24 heavy (non-hydrogen) atoms. The Morgan fingerprint density at radius 2 is 1.79 bits per heavy atom. The molecule has 0 fully saturated rings. The van der Waals surface area contributed by atoms with Gasteiger partial charge in [0.1, 0.15) is 0 Å². The molecule has 1 amide bonds.